The van der Waals surface area contributed by atoms with Crippen molar-refractivity contribution in [1.82, 2.24) is 15.1 Å². The predicted octanol–water partition coefficient (Wildman–Crippen LogP) is 0.585. The lowest BCUT2D eigenvalue weighted by molar-refractivity contribution is -0.139. The first-order valence-electron chi connectivity index (χ1n) is 6.51. The Morgan fingerprint density at radius 1 is 1.39 bits per heavy atom. The lowest BCUT2D eigenvalue weighted by Gasteiger charge is -2.39. The zero-order valence-corrected chi connectivity index (χ0v) is 11.3. The third-order valence-electron chi connectivity index (χ3n) is 3.46. The smallest absolute Gasteiger partial charge is 0.326 e. The molecule has 6 nitrogen and oxygen atoms in total. The van der Waals surface area contributed by atoms with Crippen LogP contribution in [-0.2, 0) is 4.79 Å². The Hall–Kier alpha value is -1.30. The fourth-order valence-electron chi connectivity index (χ4n) is 2.23. The van der Waals surface area contributed by atoms with E-state index in [1.807, 2.05) is 0 Å². The van der Waals surface area contributed by atoms with Crippen LogP contribution in [0, 0.1) is 0 Å². The molecule has 1 heterocycles. The Bertz CT molecular complexity index is 309. The van der Waals surface area contributed by atoms with Gasteiger partial charge in [-0.2, -0.15) is 0 Å². The molecular weight excluding hydrogens is 234 g/mol. The molecule has 0 aromatic heterocycles. The minimum absolute atomic E-state index is 0.271. The van der Waals surface area contributed by atoms with E-state index in [2.05, 4.69) is 24.1 Å². The summed E-state index contributed by atoms with van der Waals surface area (Å²) in [5, 5.41) is 11.5. The molecule has 6 heteroatoms. The molecule has 0 radical (unpaired) electrons. The van der Waals surface area contributed by atoms with Crippen molar-refractivity contribution in [3.05, 3.63) is 0 Å². The highest BCUT2D eigenvalue weighted by Crippen LogP contribution is 2.09. The summed E-state index contributed by atoms with van der Waals surface area (Å²) >= 11 is 0. The van der Waals surface area contributed by atoms with Gasteiger partial charge in [-0.25, -0.2) is 9.59 Å². The maximum Gasteiger partial charge on any atom is 0.326 e. The van der Waals surface area contributed by atoms with E-state index in [1.54, 1.807) is 11.8 Å². The summed E-state index contributed by atoms with van der Waals surface area (Å²) in [4.78, 5) is 26.8. The highest BCUT2D eigenvalue weighted by Gasteiger charge is 2.27. The van der Waals surface area contributed by atoms with Gasteiger partial charge in [0.2, 0.25) is 0 Å². The van der Waals surface area contributed by atoms with Gasteiger partial charge < -0.3 is 15.3 Å². The Labute approximate surface area is 108 Å². The number of hydrogen-bond donors (Lipinski definition) is 2. The van der Waals surface area contributed by atoms with Gasteiger partial charge in [0.15, 0.2) is 0 Å². The largest absolute Gasteiger partial charge is 0.480 e. The molecule has 0 saturated carbocycles. The quantitative estimate of drug-likeness (QED) is 0.773. The number of amides is 2. The van der Waals surface area contributed by atoms with Crippen LogP contribution in [0.4, 0.5) is 4.79 Å². The van der Waals surface area contributed by atoms with Crippen molar-refractivity contribution in [3.8, 4) is 0 Å². The second kappa shape index (κ2) is 6.58. The van der Waals surface area contributed by atoms with Crippen molar-refractivity contribution in [2.45, 2.75) is 39.3 Å². The molecule has 0 spiro atoms. The number of rotatable bonds is 4. The third kappa shape index (κ3) is 3.60. The summed E-state index contributed by atoms with van der Waals surface area (Å²) in [5.74, 6) is -0.980. The highest BCUT2D eigenvalue weighted by atomic mass is 16.4. The summed E-state index contributed by atoms with van der Waals surface area (Å²) in [6.07, 6.45) is 0.394. The Morgan fingerprint density at radius 3 is 2.50 bits per heavy atom. The number of hydrogen-bond acceptors (Lipinski definition) is 3. The van der Waals surface area contributed by atoms with E-state index >= 15 is 0 Å². The topological polar surface area (TPSA) is 72.9 Å². The number of nitrogens with one attached hydrogen (secondary N) is 1. The second-order valence-corrected chi connectivity index (χ2v) is 4.67. The van der Waals surface area contributed by atoms with Gasteiger partial charge in [0.25, 0.3) is 0 Å². The number of carbonyl (C=O) groups excluding carboxylic acids is 1. The van der Waals surface area contributed by atoms with E-state index in [0.717, 1.165) is 13.1 Å². The second-order valence-electron chi connectivity index (χ2n) is 4.67. The van der Waals surface area contributed by atoms with Crippen molar-refractivity contribution >= 4 is 12.0 Å². The molecule has 18 heavy (non-hydrogen) atoms. The molecule has 1 fully saturated rings. The maximum atomic E-state index is 11.9. The first kappa shape index (κ1) is 14.8. The van der Waals surface area contributed by atoms with Crippen LogP contribution < -0.4 is 5.32 Å². The first-order chi connectivity index (χ1) is 8.49. The number of piperazine rings is 1. The van der Waals surface area contributed by atoms with Gasteiger partial charge in [0.1, 0.15) is 6.04 Å². The van der Waals surface area contributed by atoms with E-state index in [9.17, 15) is 9.59 Å². The molecule has 0 aliphatic carbocycles. The van der Waals surface area contributed by atoms with E-state index in [1.165, 1.54) is 0 Å². The Kier molecular flexibility index (Phi) is 5.40. The third-order valence-corrected chi connectivity index (χ3v) is 3.46. The lowest BCUT2D eigenvalue weighted by Crippen LogP contribution is -2.57. The summed E-state index contributed by atoms with van der Waals surface area (Å²) in [7, 11) is 0. The molecule has 0 bridgehead atoms. The summed E-state index contributed by atoms with van der Waals surface area (Å²) in [6.45, 7) is 9.05. The van der Waals surface area contributed by atoms with Crippen molar-refractivity contribution in [2.75, 3.05) is 26.2 Å². The number of carbonyl (C=O) groups is 2. The molecule has 1 rings (SSSR count). The molecule has 104 valence electrons. The minimum atomic E-state index is -0.980. The Balaban J connectivity index is 2.51. The number of nitrogens with zero attached hydrogens (tertiary/aromatic N) is 2. The fraction of sp³-hybridized carbons (Fsp3) is 0.833. The van der Waals surface area contributed by atoms with Gasteiger partial charge in [0.05, 0.1) is 0 Å². The van der Waals surface area contributed by atoms with Crippen LogP contribution in [0.1, 0.15) is 27.2 Å². The van der Waals surface area contributed by atoms with Crippen LogP contribution in [0.5, 0.6) is 0 Å². The lowest BCUT2D eigenvalue weighted by atomic mass is 10.2. The maximum absolute atomic E-state index is 11.9. The van der Waals surface area contributed by atoms with Crippen molar-refractivity contribution in [1.29, 1.82) is 0 Å². The van der Waals surface area contributed by atoms with Gasteiger partial charge >= 0.3 is 12.0 Å². The van der Waals surface area contributed by atoms with Crippen LogP contribution in [-0.4, -0.2) is 65.2 Å². The zero-order valence-electron chi connectivity index (χ0n) is 11.3. The van der Waals surface area contributed by atoms with E-state index < -0.39 is 12.0 Å². The molecular formula is C12H23N3O3. The standard InChI is InChI=1S/C12H23N3O3/c1-4-10(11(16)17)13-12(18)15-7-6-14(5-2)9(3)8-15/h9-10H,4-8H2,1-3H3,(H,13,18)(H,16,17)/t9?,10-/m0/s1. The van der Waals surface area contributed by atoms with Gasteiger partial charge in [-0.15, -0.1) is 0 Å². The van der Waals surface area contributed by atoms with Gasteiger partial charge in [-0.3, -0.25) is 4.90 Å². The summed E-state index contributed by atoms with van der Waals surface area (Å²) < 4.78 is 0. The number of carboxylic acid groups (broad SMARTS) is 1. The molecule has 0 aromatic carbocycles. The molecule has 1 saturated heterocycles. The first-order valence-corrected chi connectivity index (χ1v) is 6.51. The van der Waals surface area contributed by atoms with Gasteiger partial charge in [-0.05, 0) is 19.9 Å². The van der Waals surface area contributed by atoms with E-state index in [-0.39, 0.29) is 6.03 Å². The van der Waals surface area contributed by atoms with Crippen LogP contribution >= 0.6 is 0 Å². The summed E-state index contributed by atoms with van der Waals surface area (Å²) in [6, 6.07) is -0.747. The molecule has 2 atom stereocenters. The molecule has 2 N–H and O–H groups in total. The Morgan fingerprint density at radius 2 is 2.06 bits per heavy atom. The number of urea groups is 1. The molecule has 1 aliphatic rings. The normalized spacial score (nSPS) is 22.6. The molecule has 2 amide bonds. The number of likely N-dealkylation sites (N-methyl/N-ethyl adjacent to an activating group) is 1. The number of carboxylic acids is 1. The SMILES string of the molecule is CC[C@H](NC(=O)N1CCN(CC)C(C)C1)C(=O)O. The van der Waals surface area contributed by atoms with Gasteiger partial charge in [-0.1, -0.05) is 13.8 Å². The van der Waals surface area contributed by atoms with Gasteiger partial charge in [0, 0.05) is 25.7 Å². The monoisotopic (exact) mass is 257 g/mol. The molecule has 0 aromatic rings. The molecule has 1 unspecified atom stereocenters. The minimum Gasteiger partial charge on any atom is -0.480 e. The van der Waals surface area contributed by atoms with Crippen LogP contribution in [0.15, 0.2) is 0 Å². The zero-order chi connectivity index (χ0) is 13.7. The van der Waals surface area contributed by atoms with Crippen LogP contribution in [0.25, 0.3) is 0 Å². The summed E-state index contributed by atoms with van der Waals surface area (Å²) in [5.41, 5.74) is 0. The van der Waals surface area contributed by atoms with Crippen molar-refractivity contribution in [2.24, 2.45) is 0 Å². The van der Waals surface area contributed by atoms with Crippen molar-refractivity contribution < 1.29 is 14.7 Å². The predicted molar refractivity (Wildman–Crippen MR) is 68.5 cm³/mol. The molecule has 1 aliphatic heterocycles. The highest BCUT2D eigenvalue weighted by molar-refractivity contribution is 5.82. The van der Waals surface area contributed by atoms with E-state index in [0.29, 0.717) is 25.6 Å². The van der Waals surface area contributed by atoms with Crippen LogP contribution in [0.3, 0.4) is 0 Å². The van der Waals surface area contributed by atoms with Crippen LogP contribution in [0.2, 0.25) is 0 Å². The fourth-order valence-corrected chi connectivity index (χ4v) is 2.23. The average Bonchev–Trinajstić information content (AvgIpc) is 2.35. The van der Waals surface area contributed by atoms with E-state index in [4.69, 9.17) is 5.11 Å². The number of aliphatic carboxylic acids is 1. The average molecular weight is 257 g/mol. The van der Waals surface area contributed by atoms with Crippen molar-refractivity contribution in [3.63, 3.8) is 0 Å².